The van der Waals surface area contributed by atoms with Crippen LogP contribution in [0.4, 0.5) is 5.69 Å². The summed E-state index contributed by atoms with van der Waals surface area (Å²) >= 11 is 5.78. The summed E-state index contributed by atoms with van der Waals surface area (Å²) < 4.78 is 0. The normalized spacial score (nSPS) is 22.4. The molecule has 0 saturated carbocycles. The number of amides is 1. The topological polar surface area (TPSA) is 89.9 Å². The lowest BCUT2D eigenvalue weighted by atomic mass is 9.95. The van der Waals surface area contributed by atoms with Crippen molar-refractivity contribution in [3.8, 4) is 0 Å². The Balaban J connectivity index is 1.95. The second kappa shape index (κ2) is 6.43. The minimum absolute atomic E-state index is 0.0762. The van der Waals surface area contributed by atoms with Crippen molar-refractivity contribution in [2.45, 2.75) is 12.5 Å². The standard InChI is InChI=1S/C12H14ClN5O/c13-9-1-3-10(4-2-9)16-12(19)8-5-11(17-18-14)7-15-6-8/h1-4,8,11,15H,5-7H2,(H,16,19). The van der Waals surface area contributed by atoms with E-state index in [2.05, 4.69) is 20.7 Å². The molecule has 1 fully saturated rings. The fraction of sp³-hybridized carbons (Fsp3) is 0.417. The van der Waals surface area contributed by atoms with Crippen LogP contribution in [-0.2, 0) is 4.79 Å². The molecule has 0 bridgehead atoms. The first kappa shape index (κ1) is 13.7. The number of azide groups is 1. The number of piperidine rings is 1. The highest BCUT2D eigenvalue weighted by Gasteiger charge is 2.26. The Kier molecular flexibility index (Phi) is 4.63. The largest absolute Gasteiger partial charge is 0.326 e. The fourth-order valence-electron chi connectivity index (χ4n) is 2.06. The quantitative estimate of drug-likeness (QED) is 0.506. The zero-order valence-electron chi connectivity index (χ0n) is 10.2. The fourth-order valence-corrected chi connectivity index (χ4v) is 2.18. The molecule has 1 aliphatic heterocycles. The predicted octanol–water partition coefficient (Wildman–Crippen LogP) is 2.57. The number of benzene rings is 1. The number of hydrogen-bond donors (Lipinski definition) is 2. The van der Waals surface area contributed by atoms with Crippen molar-refractivity contribution in [1.29, 1.82) is 0 Å². The molecule has 0 radical (unpaired) electrons. The van der Waals surface area contributed by atoms with Crippen LogP contribution in [0.25, 0.3) is 10.4 Å². The van der Waals surface area contributed by atoms with Gasteiger partial charge in [0.2, 0.25) is 5.91 Å². The van der Waals surface area contributed by atoms with Crippen LogP contribution < -0.4 is 10.6 Å². The number of nitrogens with zero attached hydrogens (tertiary/aromatic N) is 3. The third kappa shape index (κ3) is 3.86. The van der Waals surface area contributed by atoms with Gasteiger partial charge in [0.1, 0.15) is 0 Å². The van der Waals surface area contributed by atoms with E-state index >= 15 is 0 Å². The number of carbonyl (C=O) groups excluding carboxylic acids is 1. The first-order chi connectivity index (χ1) is 9.19. The molecule has 1 saturated heterocycles. The molecular weight excluding hydrogens is 266 g/mol. The molecule has 6 nitrogen and oxygen atoms in total. The Bertz CT molecular complexity index is 497. The summed E-state index contributed by atoms with van der Waals surface area (Å²) in [6.45, 7) is 1.21. The second-order valence-corrected chi connectivity index (χ2v) is 4.88. The summed E-state index contributed by atoms with van der Waals surface area (Å²) in [6.07, 6.45) is 0.566. The van der Waals surface area contributed by atoms with Crippen LogP contribution in [0.3, 0.4) is 0 Å². The van der Waals surface area contributed by atoms with E-state index in [-0.39, 0.29) is 17.9 Å². The highest BCUT2D eigenvalue weighted by molar-refractivity contribution is 6.30. The van der Waals surface area contributed by atoms with E-state index in [0.717, 1.165) is 0 Å². The third-order valence-electron chi connectivity index (χ3n) is 3.02. The molecule has 0 spiro atoms. The first-order valence-corrected chi connectivity index (χ1v) is 6.38. The van der Waals surface area contributed by atoms with Gasteiger partial charge in [0.05, 0.1) is 12.0 Å². The average Bonchev–Trinajstić information content (AvgIpc) is 2.42. The van der Waals surface area contributed by atoms with Crippen molar-refractivity contribution in [1.82, 2.24) is 5.32 Å². The van der Waals surface area contributed by atoms with Crippen LogP contribution in [0, 0.1) is 5.92 Å². The molecule has 2 atom stereocenters. The Labute approximate surface area is 115 Å². The maximum atomic E-state index is 12.1. The maximum absolute atomic E-state index is 12.1. The van der Waals surface area contributed by atoms with Gasteiger partial charge in [-0.05, 0) is 36.2 Å². The smallest absolute Gasteiger partial charge is 0.228 e. The zero-order valence-corrected chi connectivity index (χ0v) is 11.0. The summed E-state index contributed by atoms with van der Waals surface area (Å²) in [5.74, 6) is -0.271. The summed E-state index contributed by atoms with van der Waals surface area (Å²) in [4.78, 5) is 14.9. The molecule has 19 heavy (non-hydrogen) atoms. The maximum Gasteiger partial charge on any atom is 0.228 e. The highest BCUT2D eigenvalue weighted by Crippen LogP contribution is 2.18. The van der Waals surface area contributed by atoms with Crippen LogP contribution in [0.15, 0.2) is 29.4 Å². The third-order valence-corrected chi connectivity index (χ3v) is 3.28. The molecule has 2 rings (SSSR count). The van der Waals surface area contributed by atoms with Crippen molar-refractivity contribution in [3.63, 3.8) is 0 Å². The van der Waals surface area contributed by atoms with Crippen molar-refractivity contribution in [2.24, 2.45) is 11.0 Å². The van der Waals surface area contributed by atoms with E-state index in [4.69, 9.17) is 17.1 Å². The number of nitrogens with one attached hydrogen (secondary N) is 2. The lowest BCUT2D eigenvalue weighted by Crippen LogP contribution is -2.43. The number of halogens is 1. The number of hydrogen-bond acceptors (Lipinski definition) is 3. The van der Waals surface area contributed by atoms with Crippen molar-refractivity contribution >= 4 is 23.2 Å². The van der Waals surface area contributed by atoms with E-state index in [1.165, 1.54) is 0 Å². The summed E-state index contributed by atoms with van der Waals surface area (Å²) in [5, 5.41) is 10.2. The molecule has 7 heteroatoms. The van der Waals surface area contributed by atoms with Gasteiger partial charge < -0.3 is 10.6 Å². The van der Waals surface area contributed by atoms with Crippen molar-refractivity contribution in [2.75, 3.05) is 18.4 Å². The van der Waals surface area contributed by atoms with Gasteiger partial charge in [-0.2, -0.15) is 0 Å². The molecule has 1 aliphatic rings. The number of rotatable bonds is 3. The minimum atomic E-state index is -0.195. The highest BCUT2D eigenvalue weighted by atomic mass is 35.5. The second-order valence-electron chi connectivity index (χ2n) is 4.45. The number of carbonyl (C=O) groups is 1. The van der Waals surface area contributed by atoms with Gasteiger partial charge in [-0.1, -0.05) is 16.7 Å². The van der Waals surface area contributed by atoms with E-state index in [9.17, 15) is 4.79 Å². The predicted molar refractivity (Wildman–Crippen MR) is 74.0 cm³/mol. The summed E-state index contributed by atoms with van der Waals surface area (Å²) in [7, 11) is 0. The van der Waals surface area contributed by atoms with Gasteiger partial charge in [-0.3, -0.25) is 4.79 Å². The Hall–Kier alpha value is -1.75. The Morgan fingerprint density at radius 3 is 2.84 bits per heavy atom. The molecule has 1 aromatic rings. The van der Waals surface area contributed by atoms with Gasteiger partial charge in [0.25, 0.3) is 0 Å². The Morgan fingerprint density at radius 1 is 1.42 bits per heavy atom. The Morgan fingerprint density at radius 2 is 2.16 bits per heavy atom. The lowest BCUT2D eigenvalue weighted by molar-refractivity contribution is -0.120. The van der Waals surface area contributed by atoms with E-state index in [0.29, 0.717) is 30.2 Å². The van der Waals surface area contributed by atoms with Crippen molar-refractivity contribution in [3.05, 3.63) is 39.7 Å². The first-order valence-electron chi connectivity index (χ1n) is 6.00. The molecule has 1 aromatic carbocycles. The molecule has 1 heterocycles. The van der Waals surface area contributed by atoms with Gasteiger partial charge in [0.15, 0.2) is 0 Å². The lowest BCUT2D eigenvalue weighted by Gasteiger charge is -2.26. The SMILES string of the molecule is [N-]=[N+]=NC1CNCC(C(=O)Nc2ccc(Cl)cc2)C1. The molecule has 2 N–H and O–H groups in total. The van der Waals surface area contributed by atoms with E-state index < -0.39 is 0 Å². The molecular formula is C12H14ClN5O. The number of anilines is 1. The van der Waals surface area contributed by atoms with Gasteiger partial charge in [-0.15, -0.1) is 0 Å². The van der Waals surface area contributed by atoms with E-state index in [1.807, 2.05) is 0 Å². The van der Waals surface area contributed by atoms with Crippen LogP contribution in [0.1, 0.15) is 6.42 Å². The van der Waals surface area contributed by atoms with Gasteiger partial charge >= 0.3 is 0 Å². The van der Waals surface area contributed by atoms with E-state index in [1.54, 1.807) is 24.3 Å². The van der Waals surface area contributed by atoms with Crippen molar-refractivity contribution < 1.29 is 4.79 Å². The minimum Gasteiger partial charge on any atom is -0.326 e. The summed E-state index contributed by atoms with van der Waals surface area (Å²) in [5.41, 5.74) is 9.13. The van der Waals surface area contributed by atoms with Crippen LogP contribution in [0.5, 0.6) is 0 Å². The van der Waals surface area contributed by atoms with Crippen LogP contribution in [-0.4, -0.2) is 25.0 Å². The molecule has 0 aromatic heterocycles. The molecule has 100 valence electrons. The molecule has 1 amide bonds. The molecule has 2 unspecified atom stereocenters. The monoisotopic (exact) mass is 279 g/mol. The van der Waals surface area contributed by atoms with Gasteiger partial charge in [0, 0.05) is 28.7 Å². The zero-order chi connectivity index (χ0) is 13.7. The molecule has 0 aliphatic carbocycles. The average molecular weight is 280 g/mol. The van der Waals surface area contributed by atoms with Gasteiger partial charge in [-0.25, -0.2) is 0 Å². The summed E-state index contributed by atoms with van der Waals surface area (Å²) in [6, 6.07) is 6.78. The van der Waals surface area contributed by atoms with Crippen LogP contribution in [0.2, 0.25) is 5.02 Å². The van der Waals surface area contributed by atoms with Crippen LogP contribution >= 0.6 is 11.6 Å².